The Bertz CT molecular complexity index is 721. The van der Waals surface area contributed by atoms with E-state index in [1.807, 2.05) is 6.92 Å². The summed E-state index contributed by atoms with van der Waals surface area (Å²) in [5.41, 5.74) is 0.731. The van der Waals surface area contributed by atoms with Crippen molar-refractivity contribution in [3.8, 4) is 5.69 Å². The standard InChI is InChI=1S/C17H21FN4O2/c1-12-10-15(21-22(12)14-6-4-13(18)5-7-14)20-16(23)19-11-17(24)8-2-3-9-17/h4-7,10,24H,2-3,8-9,11H2,1H3,(H2,19,20,21,23). The van der Waals surface area contributed by atoms with Crippen molar-refractivity contribution in [3.63, 3.8) is 0 Å². The molecule has 0 spiro atoms. The first-order valence-electron chi connectivity index (χ1n) is 8.05. The van der Waals surface area contributed by atoms with Crippen molar-refractivity contribution < 1.29 is 14.3 Å². The second-order valence-corrected chi connectivity index (χ2v) is 6.30. The van der Waals surface area contributed by atoms with E-state index in [0.29, 0.717) is 24.3 Å². The van der Waals surface area contributed by atoms with Crippen molar-refractivity contribution in [3.05, 3.63) is 41.8 Å². The van der Waals surface area contributed by atoms with Crippen molar-refractivity contribution in [1.82, 2.24) is 15.1 Å². The van der Waals surface area contributed by atoms with Gasteiger partial charge in [-0.3, -0.25) is 5.32 Å². The third kappa shape index (κ3) is 3.73. The molecule has 1 fully saturated rings. The van der Waals surface area contributed by atoms with E-state index in [1.54, 1.807) is 22.9 Å². The van der Waals surface area contributed by atoms with E-state index in [4.69, 9.17) is 0 Å². The van der Waals surface area contributed by atoms with Crippen LogP contribution < -0.4 is 10.6 Å². The number of amides is 2. The fourth-order valence-corrected chi connectivity index (χ4v) is 2.99. The molecule has 1 saturated carbocycles. The SMILES string of the molecule is Cc1cc(NC(=O)NCC2(O)CCCC2)nn1-c1ccc(F)cc1. The Balaban J connectivity index is 1.62. The van der Waals surface area contributed by atoms with Crippen LogP contribution in [0.2, 0.25) is 0 Å². The van der Waals surface area contributed by atoms with Crippen LogP contribution in [0.25, 0.3) is 5.69 Å². The summed E-state index contributed by atoms with van der Waals surface area (Å²) in [4.78, 5) is 12.0. The number of aryl methyl sites for hydroxylation is 1. The Hall–Kier alpha value is -2.41. The summed E-state index contributed by atoms with van der Waals surface area (Å²) < 4.78 is 14.6. The van der Waals surface area contributed by atoms with Crippen molar-refractivity contribution in [2.24, 2.45) is 0 Å². The molecule has 1 aliphatic rings. The number of rotatable bonds is 4. The highest BCUT2D eigenvalue weighted by Crippen LogP contribution is 2.28. The Labute approximate surface area is 139 Å². The second kappa shape index (κ2) is 6.60. The summed E-state index contributed by atoms with van der Waals surface area (Å²) >= 11 is 0. The maximum absolute atomic E-state index is 13.0. The van der Waals surface area contributed by atoms with Gasteiger partial charge in [0.1, 0.15) is 5.82 Å². The highest BCUT2D eigenvalue weighted by atomic mass is 19.1. The van der Waals surface area contributed by atoms with Gasteiger partial charge in [-0.1, -0.05) is 12.8 Å². The molecule has 0 unspecified atom stereocenters. The minimum Gasteiger partial charge on any atom is -0.388 e. The molecular weight excluding hydrogens is 311 g/mol. The number of benzene rings is 1. The number of nitrogens with one attached hydrogen (secondary N) is 2. The summed E-state index contributed by atoms with van der Waals surface area (Å²) in [6.45, 7) is 2.08. The first-order valence-corrected chi connectivity index (χ1v) is 8.05. The van der Waals surface area contributed by atoms with Gasteiger partial charge in [0.15, 0.2) is 5.82 Å². The molecule has 1 aliphatic carbocycles. The molecule has 24 heavy (non-hydrogen) atoms. The van der Waals surface area contributed by atoms with E-state index in [2.05, 4.69) is 15.7 Å². The lowest BCUT2D eigenvalue weighted by Gasteiger charge is -2.22. The molecule has 3 N–H and O–H groups in total. The predicted molar refractivity (Wildman–Crippen MR) is 88.7 cm³/mol. The lowest BCUT2D eigenvalue weighted by atomic mass is 10.0. The molecule has 2 amide bonds. The lowest BCUT2D eigenvalue weighted by Crippen LogP contribution is -2.42. The zero-order valence-corrected chi connectivity index (χ0v) is 13.6. The molecule has 6 nitrogen and oxygen atoms in total. The van der Waals surface area contributed by atoms with Crippen LogP contribution in [-0.2, 0) is 0 Å². The Morgan fingerprint density at radius 2 is 2.00 bits per heavy atom. The van der Waals surface area contributed by atoms with Crippen LogP contribution in [-0.4, -0.2) is 33.1 Å². The van der Waals surface area contributed by atoms with Gasteiger partial charge in [0.05, 0.1) is 11.3 Å². The minimum atomic E-state index is -0.791. The first-order chi connectivity index (χ1) is 11.5. The van der Waals surface area contributed by atoms with Gasteiger partial charge in [0.25, 0.3) is 0 Å². The highest BCUT2D eigenvalue weighted by molar-refractivity contribution is 5.88. The number of nitrogens with zero attached hydrogens (tertiary/aromatic N) is 2. The summed E-state index contributed by atoms with van der Waals surface area (Å²) in [6, 6.07) is 7.28. The number of anilines is 1. The zero-order chi connectivity index (χ0) is 17.2. The molecule has 1 heterocycles. The molecule has 0 saturated heterocycles. The van der Waals surface area contributed by atoms with Crippen molar-refractivity contribution in [2.75, 3.05) is 11.9 Å². The quantitative estimate of drug-likeness (QED) is 0.805. The zero-order valence-electron chi connectivity index (χ0n) is 13.6. The van der Waals surface area contributed by atoms with E-state index in [0.717, 1.165) is 18.5 Å². The summed E-state index contributed by atoms with van der Waals surface area (Å²) in [5.74, 6) is 0.0823. The second-order valence-electron chi connectivity index (χ2n) is 6.30. The molecular formula is C17H21FN4O2. The van der Waals surface area contributed by atoms with Crippen LogP contribution in [0.1, 0.15) is 31.4 Å². The van der Waals surface area contributed by atoms with E-state index >= 15 is 0 Å². The number of urea groups is 1. The van der Waals surface area contributed by atoms with E-state index < -0.39 is 11.6 Å². The fraction of sp³-hybridized carbons (Fsp3) is 0.412. The first kappa shape index (κ1) is 16.4. The van der Waals surface area contributed by atoms with Gasteiger partial charge in [0.2, 0.25) is 0 Å². The van der Waals surface area contributed by atoms with Crippen LogP contribution in [0.3, 0.4) is 0 Å². The maximum Gasteiger partial charge on any atom is 0.320 e. The highest BCUT2D eigenvalue weighted by Gasteiger charge is 2.31. The average molecular weight is 332 g/mol. The van der Waals surface area contributed by atoms with Crippen molar-refractivity contribution in [2.45, 2.75) is 38.2 Å². The maximum atomic E-state index is 13.0. The molecule has 128 valence electrons. The molecule has 1 aromatic carbocycles. The Kier molecular flexibility index (Phi) is 4.53. The molecule has 1 aromatic heterocycles. The van der Waals surface area contributed by atoms with Gasteiger partial charge in [-0.15, -0.1) is 5.10 Å². The monoisotopic (exact) mass is 332 g/mol. The smallest absolute Gasteiger partial charge is 0.320 e. The number of halogens is 1. The number of hydrogen-bond donors (Lipinski definition) is 3. The third-order valence-electron chi connectivity index (χ3n) is 4.31. The molecule has 0 aliphatic heterocycles. The molecule has 2 aromatic rings. The minimum absolute atomic E-state index is 0.233. The number of aromatic nitrogens is 2. The summed E-state index contributed by atoms with van der Waals surface area (Å²) in [7, 11) is 0. The molecule has 7 heteroatoms. The van der Waals surface area contributed by atoms with Crippen LogP contribution >= 0.6 is 0 Å². The number of aliphatic hydroxyl groups is 1. The van der Waals surface area contributed by atoms with Gasteiger partial charge in [-0.25, -0.2) is 13.9 Å². The normalized spacial score (nSPS) is 16.1. The molecule has 3 rings (SSSR count). The number of carbonyl (C=O) groups is 1. The van der Waals surface area contributed by atoms with Gasteiger partial charge < -0.3 is 10.4 Å². The average Bonchev–Trinajstić information content (AvgIpc) is 3.13. The summed E-state index contributed by atoms with van der Waals surface area (Å²) in [5, 5.41) is 19.9. The fourth-order valence-electron chi connectivity index (χ4n) is 2.99. The molecule has 0 atom stereocenters. The topological polar surface area (TPSA) is 79.2 Å². The van der Waals surface area contributed by atoms with Crippen LogP contribution in [0.5, 0.6) is 0 Å². The van der Waals surface area contributed by atoms with Crippen LogP contribution in [0, 0.1) is 12.7 Å². The van der Waals surface area contributed by atoms with Crippen molar-refractivity contribution in [1.29, 1.82) is 0 Å². The van der Waals surface area contributed by atoms with E-state index in [1.165, 1.54) is 12.1 Å². The van der Waals surface area contributed by atoms with Gasteiger partial charge in [-0.05, 0) is 44.0 Å². The van der Waals surface area contributed by atoms with Gasteiger partial charge in [-0.2, -0.15) is 0 Å². The van der Waals surface area contributed by atoms with E-state index in [-0.39, 0.29) is 12.4 Å². The number of carbonyl (C=O) groups excluding carboxylic acids is 1. The predicted octanol–water partition coefficient (Wildman–Crippen LogP) is 2.75. The Morgan fingerprint density at radius 3 is 2.67 bits per heavy atom. The lowest BCUT2D eigenvalue weighted by molar-refractivity contribution is 0.0506. The number of hydrogen-bond acceptors (Lipinski definition) is 3. The molecule has 0 radical (unpaired) electrons. The largest absolute Gasteiger partial charge is 0.388 e. The van der Waals surface area contributed by atoms with Crippen LogP contribution in [0.4, 0.5) is 15.0 Å². The molecule has 0 bridgehead atoms. The third-order valence-corrected chi connectivity index (χ3v) is 4.31. The van der Waals surface area contributed by atoms with Gasteiger partial charge in [0, 0.05) is 18.3 Å². The van der Waals surface area contributed by atoms with Gasteiger partial charge >= 0.3 is 6.03 Å². The van der Waals surface area contributed by atoms with Crippen molar-refractivity contribution >= 4 is 11.8 Å². The van der Waals surface area contributed by atoms with E-state index in [9.17, 15) is 14.3 Å². The van der Waals surface area contributed by atoms with Crippen LogP contribution in [0.15, 0.2) is 30.3 Å². The summed E-state index contributed by atoms with van der Waals surface area (Å²) in [6.07, 6.45) is 3.40. The Morgan fingerprint density at radius 1 is 1.33 bits per heavy atom.